The highest BCUT2D eigenvalue weighted by Gasteiger charge is 2.11. The minimum absolute atomic E-state index is 0.116. The summed E-state index contributed by atoms with van der Waals surface area (Å²) in [5.74, 6) is 0.965. The largest absolute Gasteiger partial charge is 0.493 e. The second-order valence-corrected chi connectivity index (χ2v) is 6.70. The third kappa shape index (κ3) is 5.67. The summed E-state index contributed by atoms with van der Waals surface area (Å²) in [5, 5.41) is 9.39. The van der Waals surface area contributed by atoms with Gasteiger partial charge in [-0.15, -0.1) is 0 Å². The molecule has 0 aliphatic heterocycles. The van der Waals surface area contributed by atoms with E-state index in [0.29, 0.717) is 29.0 Å². The Balaban J connectivity index is 2.05. The van der Waals surface area contributed by atoms with Crippen LogP contribution in [0, 0.1) is 0 Å². The molecule has 0 fully saturated rings. The summed E-state index contributed by atoms with van der Waals surface area (Å²) in [6.45, 7) is 0.686. The van der Waals surface area contributed by atoms with Crippen molar-refractivity contribution >= 4 is 35.1 Å². The molecule has 0 aliphatic rings. The van der Waals surface area contributed by atoms with E-state index in [1.807, 2.05) is 30.1 Å². The van der Waals surface area contributed by atoms with E-state index in [2.05, 4.69) is 9.97 Å². The van der Waals surface area contributed by atoms with Crippen LogP contribution in [0.5, 0.6) is 11.5 Å². The maximum absolute atomic E-state index is 10.7. The second-order valence-electron chi connectivity index (χ2n) is 5.37. The first-order chi connectivity index (χ1) is 12.4. The van der Waals surface area contributed by atoms with Crippen LogP contribution in [0.25, 0.3) is 0 Å². The molecule has 26 heavy (non-hydrogen) atoms. The van der Waals surface area contributed by atoms with Crippen molar-refractivity contribution < 1.29 is 19.4 Å². The molecule has 0 spiro atoms. The van der Waals surface area contributed by atoms with E-state index in [1.165, 1.54) is 0 Å². The Bertz CT molecular complexity index is 776. The summed E-state index contributed by atoms with van der Waals surface area (Å²) >= 11 is 7.07. The molecule has 9 heteroatoms. The molecule has 1 aromatic heterocycles. The summed E-state index contributed by atoms with van der Waals surface area (Å²) in [6, 6.07) is 7.45. The van der Waals surface area contributed by atoms with Crippen LogP contribution in [0.15, 0.2) is 29.4 Å². The number of benzene rings is 1. The topological polar surface area (TPSA) is 84.8 Å². The smallest absolute Gasteiger partial charge is 0.313 e. The molecular weight excluding hydrogens is 378 g/mol. The number of hydrogen-bond acceptors (Lipinski definition) is 7. The molecule has 0 saturated carbocycles. The number of hydrogen-bond donors (Lipinski definition) is 1. The van der Waals surface area contributed by atoms with Crippen LogP contribution >= 0.6 is 23.4 Å². The fraction of sp³-hybridized carbons (Fsp3) is 0.353. The molecule has 0 amide bonds. The Kier molecular flexibility index (Phi) is 7.35. The molecule has 0 unspecified atom stereocenters. The minimum atomic E-state index is -0.929. The van der Waals surface area contributed by atoms with Crippen LogP contribution in [-0.2, 0) is 11.2 Å². The summed E-state index contributed by atoms with van der Waals surface area (Å²) in [5.41, 5.74) is 1.09. The number of nitrogens with zero attached hydrogens (tertiary/aromatic N) is 3. The van der Waals surface area contributed by atoms with Gasteiger partial charge in [-0.25, -0.2) is 9.97 Å². The second kappa shape index (κ2) is 9.49. The maximum Gasteiger partial charge on any atom is 0.313 e. The predicted molar refractivity (Wildman–Crippen MR) is 102 cm³/mol. The van der Waals surface area contributed by atoms with E-state index in [4.69, 9.17) is 26.2 Å². The van der Waals surface area contributed by atoms with Crippen molar-refractivity contribution in [1.82, 2.24) is 9.97 Å². The third-order valence-electron chi connectivity index (χ3n) is 3.56. The van der Waals surface area contributed by atoms with E-state index >= 15 is 0 Å². The summed E-state index contributed by atoms with van der Waals surface area (Å²) in [4.78, 5) is 21.0. The highest BCUT2D eigenvalue weighted by atomic mass is 35.5. The van der Waals surface area contributed by atoms with Gasteiger partial charge in [0.15, 0.2) is 16.7 Å². The van der Waals surface area contributed by atoms with Crippen LogP contribution in [0.1, 0.15) is 5.56 Å². The van der Waals surface area contributed by atoms with Gasteiger partial charge in [-0.2, -0.15) is 0 Å². The molecule has 2 aromatic rings. The Morgan fingerprint density at radius 3 is 2.62 bits per heavy atom. The number of halogens is 1. The van der Waals surface area contributed by atoms with Gasteiger partial charge < -0.3 is 19.5 Å². The van der Waals surface area contributed by atoms with Gasteiger partial charge in [0.05, 0.1) is 20.0 Å². The van der Waals surface area contributed by atoms with Gasteiger partial charge in [0, 0.05) is 19.7 Å². The van der Waals surface area contributed by atoms with Crippen LogP contribution < -0.4 is 14.4 Å². The fourth-order valence-corrected chi connectivity index (χ4v) is 3.02. The Morgan fingerprint density at radius 2 is 1.96 bits per heavy atom. The van der Waals surface area contributed by atoms with Gasteiger partial charge in [-0.3, -0.25) is 4.79 Å². The molecule has 1 aromatic carbocycles. The van der Waals surface area contributed by atoms with E-state index < -0.39 is 5.97 Å². The monoisotopic (exact) mass is 397 g/mol. The number of aromatic nitrogens is 2. The molecule has 1 heterocycles. The first-order valence-electron chi connectivity index (χ1n) is 7.74. The van der Waals surface area contributed by atoms with Crippen molar-refractivity contribution in [3.63, 3.8) is 0 Å². The average molecular weight is 398 g/mol. The van der Waals surface area contributed by atoms with Crippen molar-refractivity contribution in [1.29, 1.82) is 0 Å². The number of aliphatic carboxylic acids is 1. The number of anilines is 1. The van der Waals surface area contributed by atoms with E-state index in [1.54, 1.807) is 20.3 Å². The van der Waals surface area contributed by atoms with E-state index in [-0.39, 0.29) is 10.9 Å². The quantitative estimate of drug-likeness (QED) is 0.392. The standard InChI is InChI=1S/C17H20ClN3O4S/c1-21(7-6-11-4-5-12(24-2)13(8-11)25-3)15-9-14(18)19-17(20-15)26-10-16(22)23/h4-5,8-9H,6-7,10H2,1-3H3,(H,22,23). The number of carboxylic acid groups (broad SMARTS) is 1. The molecular formula is C17H20ClN3O4S. The lowest BCUT2D eigenvalue weighted by molar-refractivity contribution is -0.133. The number of thioether (sulfide) groups is 1. The SMILES string of the molecule is COc1ccc(CCN(C)c2cc(Cl)nc(SCC(=O)O)n2)cc1OC. The lowest BCUT2D eigenvalue weighted by Gasteiger charge is -2.19. The number of likely N-dealkylation sites (N-methyl/N-ethyl adjacent to an activating group) is 1. The summed E-state index contributed by atoms with van der Waals surface area (Å²) in [7, 11) is 5.10. The number of methoxy groups -OCH3 is 2. The Morgan fingerprint density at radius 1 is 1.23 bits per heavy atom. The van der Waals surface area contributed by atoms with Crippen molar-refractivity contribution in [2.24, 2.45) is 0 Å². The van der Waals surface area contributed by atoms with Gasteiger partial charge in [-0.05, 0) is 24.1 Å². The molecule has 0 saturated heterocycles. The number of ether oxygens (including phenoxy) is 2. The van der Waals surface area contributed by atoms with Crippen LogP contribution in [0.2, 0.25) is 5.15 Å². The Hall–Kier alpha value is -2.19. The van der Waals surface area contributed by atoms with Crippen molar-refractivity contribution in [2.45, 2.75) is 11.6 Å². The zero-order valence-electron chi connectivity index (χ0n) is 14.7. The van der Waals surface area contributed by atoms with Gasteiger partial charge >= 0.3 is 5.97 Å². The lowest BCUT2D eigenvalue weighted by Crippen LogP contribution is -2.22. The van der Waals surface area contributed by atoms with Gasteiger partial charge in [-0.1, -0.05) is 29.4 Å². The van der Waals surface area contributed by atoms with Crippen molar-refractivity contribution in [3.05, 3.63) is 35.0 Å². The summed E-state index contributed by atoms with van der Waals surface area (Å²) in [6.07, 6.45) is 0.760. The zero-order chi connectivity index (χ0) is 19.1. The summed E-state index contributed by atoms with van der Waals surface area (Å²) < 4.78 is 10.6. The molecule has 140 valence electrons. The van der Waals surface area contributed by atoms with Crippen molar-refractivity contribution in [2.75, 3.05) is 38.5 Å². The minimum Gasteiger partial charge on any atom is -0.493 e. The van der Waals surface area contributed by atoms with Gasteiger partial charge in [0.1, 0.15) is 11.0 Å². The first kappa shape index (κ1) is 20.1. The van der Waals surface area contributed by atoms with Crippen LogP contribution in [0.4, 0.5) is 5.82 Å². The Labute approximate surface area is 161 Å². The normalized spacial score (nSPS) is 10.5. The van der Waals surface area contributed by atoms with Gasteiger partial charge in [0.2, 0.25) is 0 Å². The molecule has 2 rings (SSSR count). The predicted octanol–water partition coefficient (Wildman–Crippen LogP) is 3.00. The highest BCUT2D eigenvalue weighted by Crippen LogP contribution is 2.28. The number of rotatable bonds is 9. The molecule has 0 bridgehead atoms. The number of carbonyl (C=O) groups is 1. The van der Waals surface area contributed by atoms with Crippen molar-refractivity contribution in [3.8, 4) is 11.5 Å². The van der Waals surface area contributed by atoms with E-state index in [0.717, 1.165) is 23.7 Å². The number of carboxylic acids is 1. The molecule has 1 N–H and O–H groups in total. The molecule has 7 nitrogen and oxygen atoms in total. The molecule has 0 atom stereocenters. The average Bonchev–Trinajstić information content (AvgIpc) is 2.63. The molecule has 0 radical (unpaired) electrons. The van der Waals surface area contributed by atoms with Gasteiger partial charge in [0.25, 0.3) is 0 Å². The zero-order valence-corrected chi connectivity index (χ0v) is 16.3. The fourth-order valence-electron chi connectivity index (χ4n) is 2.22. The first-order valence-corrected chi connectivity index (χ1v) is 9.10. The van der Waals surface area contributed by atoms with Crippen LogP contribution in [0.3, 0.4) is 0 Å². The van der Waals surface area contributed by atoms with Crippen LogP contribution in [-0.4, -0.2) is 54.6 Å². The highest BCUT2D eigenvalue weighted by molar-refractivity contribution is 7.99. The maximum atomic E-state index is 10.7. The third-order valence-corrected chi connectivity index (χ3v) is 4.59. The lowest BCUT2D eigenvalue weighted by atomic mass is 10.1. The van der Waals surface area contributed by atoms with E-state index in [9.17, 15) is 4.79 Å². The molecule has 0 aliphatic carbocycles.